The second-order valence-electron chi connectivity index (χ2n) is 6.71. The molecule has 1 aliphatic carbocycles. The van der Waals surface area contributed by atoms with Crippen LogP contribution in [0.2, 0.25) is 0 Å². The van der Waals surface area contributed by atoms with E-state index in [9.17, 15) is 4.79 Å². The zero-order valence-electron chi connectivity index (χ0n) is 14.2. The predicted molar refractivity (Wildman–Crippen MR) is 103 cm³/mol. The third kappa shape index (κ3) is 3.30. The van der Waals surface area contributed by atoms with Gasteiger partial charge in [-0.3, -0.25) is 9.36 Å². The summed E-state index contributed by atoms with van der Waals surface area (Å²) in [5.41, 5.74) is 7.94. The molecule has 0 radical (unpaired) electrons. The molecule has 7 heteroatoms. The Morgan fingerprint density at radius 1 is 1.24 bits per heavy atom. The zero-order chi connectivity index (χ0) is 16.7. The third-order valence-corrected chi connectivity index (χ3v) is 6.05. The van der Waals surface area contributed by atoms with Crippen molar-refractivity contribution in [2.75, 3.05) is 19.3 Å². The fourth-order valence-electron chi connectivity index (χ4n) is 4.06. The Morgan fingerprint density at radius 2 is 2.00 bits per heavy atom. The summed E-state index contributed by atoms with van der Waals surface area (Å²) in [6, 6.07) is 8.06. The quantitative estimate of drug-likeness (QED) is 0.834. The van der Waals surface area contributed by atoms with Crippen LogP contribution in [0.25, 0.3) is 5.69 Å². The van der Waals surface area contributed by atoms with E-state index in [0.717, 1.165) is 42.3 Å². The minimum absolute atomic E-state index is 0. The predicted octanol–water partition coefficient (Wildman–Crippen LogP) is 2.83. The summed E-state index contributed by atoms with van der Waals surface area (Å²) in [5.74, 6) is 1.21. The summed E-state index contributed by atoms with van der Waals surface area (Å²) in [4.78, 5) is 19.1. The van der Waals surface area contributed by atoms with Gasteiger partial charge in [-0.2, -0.15) is 0 Å². The number of halogens is 1. The fourth-order valence-corrected chi connectivity index (χ4v) is 4.59. The Hall–Kier alpha value is -1.50. The van der Waals surface area contributed by atoms with Crippen molar-refractivity contribution in [2.45, 2.75) is 24.0 Å². The molecule has 25 heavy (non-hydrogen) atoms. The summed E-state index contributed by atoms with van der Waals surface area (Å²) in [7, 11) is 0. The van der Waals surface area contributed by atoms with Gasteiger partial charge in [-0.1, -0.05) is 11.8 Å². The number of nitrogens with zero attached hydrogens (tertiary/aromatic N) is 3. The van der Waals surface area contributed by atoms with E-state index in [4.69, 9.17) is 5.73 Å². The Labute approximate surface area is 158 Å². The summed E-state index contributed by atoms with van der Waals surface area (Å²) < 4.78 is 2.03. The number of carbonyl (C=O) groups excluding carboxylic acids is 1. The molecule has 1 saturated heterocycles. The van der Waals surface area contributed by atoms with Crippen molar-refractivity contribution in [3.8, 4) is 5.69 Å². The van der Waals surface area contributed by atoms with Crippen LogP contribution in [-0.2, 0) is 0 Å². The van der Waals surface area contributed by atoms with E-state index in [-0.39, 0.29) is 24.4 Å². The molecule has 5 nitrogen and oxygen atoms in total. The average molecular weight is 379 g/mol. The number of hydrogen-bond acceptors (Lipinski definition) is 4. The highest BCUT2D eigenvalue weighted by molar-refractivity contribution is 7.98. The minimum Gasteiger partial charge on any atom is -0.338 e. The monoisotopic (exact) mass is 378 g/mol. The van der Waals surface area contributed by atoms with Crippen molar-refractivity contribution in [3.63, 3.8) is 0 Å². The van der Waals surface area contributed by atoms with Gasteiger partial charge in [0.15, 0.2) is 5.16 Å². The molecule has 1 aliphatic heterocycles. The van der Waals surface area contributed by atoms with E-state index in [1.165, 1.54) is 0 Å². The molecule has 1 saturated carbocycles. The molecule has 2 N–H and O–H groups in total. The van der Waals surface area contributed by atoms with Crippen molar-refractivity contribution >= 4 is 30.1 Å². The highest BCUT2D eigenvalue weighted by Crippen LogP contribution is 2.37. The first-order valence-corrected chi connectivity index (χ1v) is 9.62. The van der Waals surface area contributed by atoms with Crippen LogP contribution in [0.3, 0.4) is 0 Å². The second kappa shape index (κ2) is 7.40. The Bertz CT molecular complexity index is 748. The van der Waals surface area contributed by atoms with Gasteiger partial charge in [0.2, 0.25) is 0 Å². The molecule has 1 aromatic heterocycles. The molecular formula is C18H23ClN4OS. The van der Waals surface area contributed by atoms with Crippen LogP contribution < -0.4 is 5.73 Å². The molecule has 4 rings (SSSR count). The lowest BCUT2D eigenvalue weighted by molar-refractivity contribution is 0.0779. The Morgan fingerprint density at radius 3 is 2.68 bits per heavy atom. The van der Waals surface area contributed by atoms with Crippen LogP contribution in [0.4, 0.5) is 0 Å². The molecule has 1 aromatic carbocycles. The molecule has 2 aromatic rings. The molecule has 1 amide bonds. The van der Waals surface area contributed by atoms with Gasteiger partial charge in [0.1, 0.15) is 0 Å². The third-order valence-electron chi connectivity index (χ3n) is 5.38. The van der Waals surface area contributed by atoms with Crippen LogP contribution in [0.1, 0.15) is 23.2 Å². The summed E-state index contributed by atoms with van der Waals surface area (Å²) in [6.45, 7) is 1.67. The van der Waals surface area contributed by atoms with Gasteiger partial charge >= 0.3 is 0 Å². The van der Waals surface area contributed by atoms with Crippen molar-refractivity contribution in [1.29, 1.82) is 0 Å². The SMILES string of the molecule is CSc1nccn1-c1ccc(C(=O)N2CC3CCC(N)C3C2)cc1.Cl. The molecule has 0 bridgehead atoms. The van der Waals surface area contributed by atoms with Crippen molar-refractivity contribution in [2.24, 2.45) is 17.6 Å². The zero-order valence-corrected chi connectivity index (χ0v) is 15.8. The number of thioether (sulfide) groups is 1. The number of benzene rings is 1. The van der Waals surface area contributed by atoms with Gasteiger partial charge in [0, 0.05) is 42.8 Å². The maximum Gasteiger partial charge on any atom is 0.253 e. The number of fused-ring (bicyclic) bond motifs is 1. The first kappa shape index (κ1) is 18.3. The number of aromatic nitrogens is 2. The Kier molecular flexibility index (Phi) is 5.41. The Balaban J connectivity index is 0.00000182. The number of amides is 1. The summed E-state index contributed by atoms with van der Waals surface area (Å²) >= 11 is 1.60. The normalized spacial score (nSPS) is 24.9. The second-order valence-corrected chi connectivity index (χ2v) is 7.48. The molecule has 2 aliphatic rings. The molecule has 3 unspecified atom stereocenters. The summed E-state index contributed by atoms with van der Waals surface area (Å²) in [6.07, 6.45) is 8.00. The lowest BCUT2D eigenvalue weighted by Gasteiger charge is -2.19. The van der Waals surface area contributed by atoms with Crippen molar-refractivity contribution in [3.05, 3.63) is 42.2 Å². The molecular weight excluding hydrogens is 356 g/mol. The molecule has 0 spiro atoms. The number of rotatable bonds is 3. The topological polar surface area (TPSA) is 64.2 Å². The molecule has 2 fully saturated rings. The summed E-state index contributed by atoms with van der Waals surface area (Å²) in [5, 5.41) is 0.940. The number of imidazole rings is 1. The van der Waals surface area contributed by atoms with E-state index in [2.05, 4.69) is 4.98 Å². The van der Waals surface area contributed by atoms with Crippen LogP contribution in [0.15, 0.2) is 41.8 Å². The van der Waals surface area contributed by atoms with Gasteiger partial charge in [0.25, 0.3) is 5.91 Å². The van der Waals surface area contributed by atoms with Crippen LogP contribution >= 0.6 is 24.2 Å². The maximum atomic E-state index is 12.8. The van der Waals surface area contributed by atoms with E-state index in [1.807, 2.05) is 46.2 Å². The van der Waals surface area contributed by atoms with Crippen molar-refractivity contribution < 1.29 is 4.79 Å². The van der Waals surface area contributed by atoms with Crippen molar-refractivity contribution in [1.82, 2.24) is 14.5 Å². The number of nitrogens with two attached hydrogens (primary N) is 1. The van der Waals surface area contributed by atoms with Gasteiger partial charge in [0.05, 0.1) is 0 Å². The first-order valence-electron chi connectivity index (χ1n) is 8.40. The average Bonchev–Trinajstić information content (AvgIpc) is 3.31. The largest absolute Gasteiger partial charge is 0.338 e. The van der Waals surface area contributed by atoms with E-state index in [0.29, 0.717) is 11.8 Å². The number of carbonyl (C=O) groups is 1. The van der Waals surface area contributed by atoms with Gasteiger partial charge in [-0.05, 0) is 55.2 Å². The van der Waals surface area contributed by atoms with Gasteiger partial charge in [-0.25, -0.2) is 4.98 Å². The van der Waals surface area contributed by atoms with Crippen LogP contribution in [0.5, 0.6) is 0 Å². The lowest BCUT2D eigenvalue weighted by atomic mass is 9.98. The van der Waals surface area contributed by atoms with Crippen LogP contribution in [-0.4, -0.2) is 45.7 Å². The van der Waals surface area contributed by atoms with E-state index >= 15 is 0 Å². The molecule has 2 heterocycles. The molecule has 3 atom stereocenters. The van der Waals surface area contributed by atoms with Gasteiger partial charge < -0.3 is 10.6 Å². The highest BCUT2D eigenvalue weighted by Gasteiger charge is 2.42. The standard InChI is InChI=1S/C18H22N4OS.ClH/c1-24-18-20-8-9-22(18)14-5-2-12(3-6-14)17(23)21-10-13-4-7-16(19)15(13)11-21;/h2-3,5-6,8-9,13,15-16H,4,7,10-11,19H2,1H3;1H. The number of hydrogen-bond donors (Lipinski definition) is 1. The number of likely N-dealkylation sites (tertiary alicyclic amines) is 1. The fraction of sp³-hybridized carbons (Fsp3) is 0.444. The van der Waals surface area contributed by atoms with Crippen LogP contribution in [0, 0.1) is 11.8 Å². The lowest BCUT2D eigenvalue weighted by Crippen LogP contribution is -2.33. The van der Waals surface area contributed by atoms with Gasteiger partial charge in [-0.15, -0.1) is 12.4 Å². The van der Waals surface area contributed by atoms with E-state index < -0.39 is 0 Å². The van der Waals surface area contributed by atoms with E-state index in [1.54, 1.807) is 18.0 Å². The smallest absolute Gasteiger partial charge is 0.253 e. The highest BCUT2D eigenvalue weighted by atomic mass is 35.5. The first-order chi connectivity index (χ1) is 11.7. The molecule has 134 valence electrons. The maximum absolute atomic E-state index is 12.8. The minimum atomic E-state index is 0.